The topological polar surface area (TPSA) is 41.6 Å². The van der Waals surface area contributed by atoms with Crippen LogP contribution in [0.25, 0.3) is 0 Å². The van der Waals surface area contributed by atoms with E-state index >= 15 is 0 Å². The molecule has 1 aliphatic rings. The van der Waals surface area contributed by atoms with Crippen LogP contribution in [0.1, 0.15) is 50.8 Å². The molecule has 1 N–H and O–H groups in total. The third kappa shape index (κ3) is 5.97. The Morgan fingerprint density at radius 3 is 2.38 bits per heavy atom. The lowest BCUT2D eigenvalue weighted by Crippen LogP contribution is -2.38. The molecule has 0 aliphatic carbocycles. The molecule has 0 spiro atoms. The van der Waals surface area contributed by atoms with Crippen LogP contribution < -0.4 is 10.1 Å². The highest BCUT2D eigenvalue weighted by Gasteiger charge is 2.24. The fourth-order valence-electron chi connectivity index (χ4n) is 3.68. The lowest BCUT2D eigenvalue weighted by atomic mass is 9.86. The van der Waals surface area contributed by atoms with E-state index in [9.17, 15) is 4.79 Å². The van der Waals surface area contributed by atoms with Crippen LogP contribution in [0.2, 0.25) is 5.02 Å². The second kappa shape index (κ2) is 9.64. The van der Waals surface area contributed by atoms with Crippen LogP contribution in [0, 0.1) is 0 Å². The van der Waals surface area contributed by atoms with Gasteiger partial charge in [0.1, 0.15) is 5.75 Å². The molecule has 1 aliphatic heterocycles. The molecule has 4 nitrogen and oxygen atoms in total. The highest BCUT2D eigenvalue weighted by atomic mass is 35.5. The van der Waals surface area contributed by atoms with Gasteiger partial charge in [0.25, 0.3) is 5.91 Å². The first-order valence-corrected chi connectivity index (χ1v) is 10.7. The van der Waals surface area contributed by atoms with Gasteiger partial charge in [0.15, 0.2) is 6.61 Å². The number of ether oxygens (including phenoxy) is 1. The number of para-hydroxylation sites is 1. The second-order valence-electron chi connectivity index (χ2n) is 8.65. The number of nitrogens with zero attached hydrogens (tertiary/aromatic N) is 1. The van der Waals surface area contributed by atoms with Gasteiger partial charge >= 0.3 is 0 Å². The average molecular weight is 415 g/mol. The molecule has 1 amide bonds. The van der Waals surface area contributed by atoms with Crippen LogP contribution in [0.4, 0.5) is 0 Å². The Bertz CT molecular complexity index is 808. The van der Waals surface area contributed by atoms with Crippen molar-refractivity contribution in [2.75, 3.05) is 26.2 Å². The predicted molar refractivity (Wildman–Crippen MR) is 119 cm³/mol. The fourth-order valence-corrected chi connectivity index (χ4v) is 3.87. The molecule has 0 unspecified atom stereocenters. The monoisotopic (exact) mass is 414 g/mol. The summed E-state index contributed by atoms with van der Waals surface area (Å²) < 4.78 is 5.56. The van der Waals surface area contributed by atoms with Gasteiger partial charge in [0.2, 0.25) is 0 Å². The molecule has 1 fully saturated rings. The summed E-state index contributed by atoms with van der Waals surface area (Å²) in [6, 6.07) is 16.2. The van der Waals surface area contributed by atoms with Gasteiger partial charge in [-0.1, -0.05) is 68.8 Å². The molecule has 1 saturated heterocycles. The largest absolute Gasteiger partial charge is 0.482 e. The molecule has 1 heterocycles. The van der Waals surface area contributed by atoms with Crippen molar-refractivity contribution in [2.45, 2.75) is 45.1 Å². The van der Waals surface area contributed by atoms with Crippen LogP contribution in [0.5, 0.6) is 5.75 Å². The van der Waals surface area contributed by atoms with Gasteiger partial charge in [-0.3, -0.25) is 9.69 Å². The molecule has 2 aromatic carbocycles. The molecule has 0 aromatic heterocycles. The van der Waals surface area contributed by atoms with Crippen molar-refractivity contribution in [3.05, 3.63) is 64.7 Å². The Kier molecular flexibility index (Phi) is 7.20. The van der Waals surface area contributed by atoms with Crippen molar-refractivity contribution >= 4 is 17.5 Å². The van der Waals surface area contributed by atoms with E-state index in [-0.39, 0.29) is 24.0 Å². The quantitative estimate of drug-likeness (QED) is 0.695. The second-order valence-corrected chi connectivity index (χ2v) is 9.06. The average Bonchev–Trinajstić information content (AvgIpc) is 3.22. The molecule has 0 bridgehead atoms. The summed E-state index contributed by atoms with van der Waals surface area (Å²) in [4.78, 5) is 14.8. The molecule has 5 heteroatoms. The maximum Gasteiger partial charge on any atom is 0.258 e. The van der Waals surface area contributed by atoms with Gasteiger partial charge in [-0.05, 0) is 54.6 Å². The number of hydrogen-bond donors (Lipinski definition) is 1. The number of amides is 1. The van der Waals surface area contributed by atoms with E-state index < -0.39 is 0 Å². The van der Waals surface area contributed by atoms with Crippen LogP contribution in [0.15, 0.2) is 48.5 Å². The van der Waals surface area contributed by atoms with Crippen molar-refractivity contribution < 1.29 is 9.53 Å². The summed E-state index contributed by atoms with van der Waals surface area (Å²) in [6.07, 6.45) is 2.42. The van der Waals surface area contributed by atoms with E-state index in [0.29, 0.717) is 17.3 Å². The molecule has 3 rings (SSSR count). The predicted octanol–water partition coefficient (Wildman–Crippen LogP) is 4.97. The Hall–Kier alpha value is -2.04. The smallest absolute Gasteiger partial charge is 0.258 e. The van der Waals surface area contributed by atoms with Crippen LogP contribution in [0.3, 0.4) is 0 Å². The summed E-state index contributed by atoms with van der Waals surface area (Å²) in [5, 5.41) is 3.55. The minimum Gasteiger partial charge on any atom is -0.482 e. The molecule has 29 heavy (non-hydrogen) atoms. The van der Waals surface area contributed by atoms with Gasteiger partial charge < -0.3 is 10.1 Å². The van der Waals surface area contributed by atoms with Gasteiger partial charge in [0, 0.05) is 6.54 Å². The first-order chi connectivity index (χ1) is 13.8. The SMILES string of the molecule is CC(C)(C)c1ccc([C@@H](CNC(=O)COc2ccccc2Cl)N2CCCC2)cc1. The third-order valence-electron chi connectivity index (χ3n) is 5.43. The van der Waals surface area contributed by atoms with Gasteiger partial charge in [-0.25, -0.2) is 0 Å². The number of carbonyl (C=O) groups excluding carboxylic acids is 1. The highest BCUT2D eigenvalue weighted by molar-refractivity contribution is 6.32. The number of rotatable bonds is 7. The molecular formula is C24H31ClN2O2. The molecule has 0 saturated carbocycles. The summed E-state index contributed by atoms with van der Waals surface area (Å²) in [5.41, 5.74) is 2.69. The molecule has 0 radical (unpaired) electrons. The maximum atomic E-state index is 12.4. The van der Waals surface area contributed by atoms with Crippen molar-refractivity contribution in [3.63, 3.8) is 0 Å². The van der Waals surface area contributed by atoms with E-state index in [1.807, 2.05) is 12.1 Å². The zero-order valence-corrected chi connectivity index (χ0v) is 18.3. The number of hydrogen-bond acceptors (Lipinski definition) is 3. The maximum absolute atomic E-state index is 12.4. The minimum atomic E-state index is -0.138. The van der Waals surface area contributed by atoms with Crippen LogP contribution >= 0.6 is 11.6 Å². The van der Waals surface area contributed by atoms with Gasteiger partial charge in [0.05, 0.1) is 11.1 Å². The van der Waals surface area contributed by atoms with E-state index in [0.717, 1.165) is 13.1 Å². The van der Waals surface area contributed by atoms with Gasteiger partial charge in [-0.2, -0.15) is 0 Å². The van der Waals surface area contributed by atoms with Crippen LogP contribution in [-0.2, 0) is 10.2 Å². The molecule has 156 valence electrons. The lowest BCUT2D eigenvalue weighted by molar-refractivity contribution is -0.123. The number of carbonyl (C=O) groups is 1. The normalized spacial score (nSPS) is 15.9. The Labute approximate surface area is 179 Å². The number of halogens is 1. The molecule has 2 aromatic rings. The molecule has 1 atom stereocenters. The zero-order valence-electron chi connectivity index (χ0n) is 17.6. The standard InChI is InChI=1S/C24H31ClN2O2/c1-24(2,3)19-12-10-18(11-13-19)21(27-14-6-7-15-27)16-26-23(28)17-29-22-9-5-4-8-20(22)25/h4-5,8-13,21H,6-7,14-17H2,1-3H3,(H,26,28)/t21-/m1/s1. The van der Waals surface area contributed by atoms with E-state index in [2.05, 4.69) is 55.3 Å². The summed E-state index contributed by atoms with van der Waals surface area (Å²) in [5.74, 6) is 0.388. The fraction of sp³-hybridized carbons (Fsp3) is 0.458. The number of benzene rings is 2. The Morgan fingerprint density at radius 1 is 1.10 bits per heavy atom. The first kappa shape index (κ1) is 21.7. The summed E-state index contributed by atoms with van der Waals surface area (Å²) in [6.45, 7) is 9.33. The van der Waals surface area contributed by atoms with Crippen molar-refractivity contribution in [2.24, 2.45) is 0 Å². The van der Waals surface area contributed by atoms with E-state index in [1.165, 1.54) is 24.0 Å². The van der Waals surface area contributed by atoms with Crippen molar-refractivity contribution in [1.29, 1.82) is 0 Å². The van der Waals surface area contributed by atoms with Crippen molar-refractivity contribution in [3.8, 4) is 5.75 Å². The highest BCUT2D eigenvalue weighted by Crippen LogP contribution is 2.28. The Morgan fingerprint density at radius 2 is 1.76 bits per heavy atom. The van der Waals surface area contributed by atoms with Crippen LogP contribution in [-0.4, -0.2) is 37.0 Å². The Balaban J connectivity index is 1.62. The van der Waals surface area contributed by atoms with Gasteiger partial charge in [-0.15, -0.1) is 0 Å². The lowest BCUT2D eigenvalue weighted by Gasteiger charge is -2.29. The zero-order chi connectivity index (χ0) is 20.9. The first-order valence-electron chi connectivity index (χ1n) is 10.3. The number of nitrogens with one attached hydrogen (secondary N) is 1. The summed E-state index contributed by atoms with van der Waals surface area (Å²) >= 11 is 6.08. The van der Waals surface area contributed by atoms with Crippen molar-refractivity contribution in [1.82, 2.24) is 10.2 Å². The van der Waals surface area contributed by atoms with E-state index in [1.54, 1.807) is 12.1 Å². The van der Waals surface area contributed by atoms with E-state index in [4.69, 9.17) is 16.3 Å². The third-order valence-corrected chi connectivity index (χ3v) is 5.74. The minimum absolute atomic E-state index is 0.0422. The molecular weight excluding hydrogens is 384 g/mol. The summed E-state index contributed by atoms with van der Waals surface area (Å²) in [7, 11) is 0. The number of likely N-dealkylation sites (tertiary alicyclic amines) is 1.